The molecule has 0 radical (unpaired) electrons. The van der Waals surface area contributed by atoms with Gasteiger partial charge < -0.3 is 24.1 Å². The highest BCUT2D eigenvalue weighted by atomic mass is 16.5. The standard InChI is InChI=1S/C28H24N2O3/c1-32-25-13-17(11-21-19-7-3-5-9-23(19)29-27(21)25)15-30-24-10-6-4-8-20(24)22-12-18(16-31)14-26(33-2)28(22)30/h3-14,29,31H,15-16H2,1-2H3. The first kappa shape index (κ1) is 19.7. The molecule has 2 aromatic heterocycles. The number of nitrogens with one attached hydrogen (secondary N) is 1. The Morgan fingerprint density at radius 2 is 1.45 bits per heavy atom. The van der Waals surface area contributed by atoms with Gasteiger partial charge in [0, 0.05) is 39.1 Å². The fourth-order valence-corrected chi connectivity index (χ4v) is 5.03. The predicted molar refractivity (Wildman–Crippen MR) is 133 cm³/mol. The van der Waals surface area contributed by atoms with Crippen molar-refractivity contribution in [3.63, 3.8) is 0 Å². The van der Waals surface area contributed by atoms with Gasteiger partial charge in [-0.25, -0.2) is 0 Å². The van der Waals surface area contributed by atoms with Gasteiger partial charge in [-0.05, 0) is 47.5 Å². The number of hydrogen-bond acceptors (Lipinski definition) is 3. The van der Waals surface area contributed by atoms with E-state index in [1.807, 2.05) is 18.2 Å². The average molecular weight is 437 g/mol. The highest BCUT2D eigenvalue weighted by Crippen LogP contribution is 2.38. The Balaban J connectivity index is 1.62. The van der Waals surface area contributed by atoms with E-state index in [2.05, 4.69) is 64.1 Å². The molecule has 0 aliphatic heterocycles. The van der Waals surface area contributed by atoms with Crippen LogP contribution in [0.15, 0.2) is 72.8 Å². The Labute approximate surface area is 190 Å². The van der Waals surface area contributed by atoms with Crippen LogP contribution in [0, 0.1) is 0 Å². The first-order chi connectivity index (χ1) is 16.2. The molecule has 0 aliphatic rings. The van der Waals surface area contributed by atoms with Crippen LogP contribution in [0.3, 0.4) is 0 Å². The number of para-hydroxylation sites is 2. The third-order valence-electron chi connectivity index (χ3n) is 6.49. The van der Waals surface area contributed by atoms with Crippen molar-refractivity contribution in [3.8, 4) is 11.5 Å². The lowest BCUT2D eigenvalue weighted by Crippen LogP contribution is -2.02. The third-order valence-corrected chi connectivity index (χ3v) is 6.49. The minimum atomic E-state index is -0.0275. The predicted octanol–water partition coefficient (Wildman–Crippen LogP) is 5.99. The maximum absolute atomic E-state index is 9.78. The molecule has 0 aliphatic carbocycles. The summed E-state index contributed by atoms with van der Waals surface area (Å²) in [5.41, 5.74) is 6.23. The summed E-state index contributed by atoms with van der Waals surface area (Å²) < 4.78 is 13.8. The lowest BCUT2D eigenvalue weighted by atomic mass is 10.1. The number of fused-ring (bicyclic) bond motifs is 6. The second-order valence-electron chi connectivity index (χ2n) is 8.35. The topological polar surface area (TPSA) is 59.4 Å². The van der Waals surface area contributed by atoms with Gasteiger partial charge in [0.25, 0.3) is 0 Å². The van der Waals surface area contributed by atoms with Crippen LogP contribution in [0.4, 0.5) is 0 Å². The summed E-state index contributed by atoms with van der Waals surface area (Å²) in [5, 5.41) is 14.3. The number of hydrogen-bond donors (Lipinski definition) is 2. The monoisotopic (exact) mass is 436 g/mol. The number of nitrogens with zero attached hydrogens (tertiary/aromatic N) is 1. The van der Waals surface area contributed by atoms with Crippen LogP contribution >= 0.6 is 0 Å². The zero-order valence-corrected chi connectivity index (χ0v) is 18.6. The normalized spacial score (nSPS) is 11.7. The molecular formula is C28H24N2O3. The molecule has 0 spiro atoms. The van der Waals surface area contributed by atoms with Crippen molar-refractivity contribution in [2.24, 2.45) is 0 Å². The Hall–Kier alpha value is -3.96. The third kappa shape index (κ3) is 2.97. The van der Waals surface area contributed by atoms with E-state index < -0.39 is 0 Å². The summed E-state index contributed by atoms with van der Waals surface area (Å²) in [7, 11) is 3.39. The van der Waals surface area contributed by atoms with Gasteiger partial charge in [0.05, 0.1) is 31.9 Å². The van der Waals surface area contributed by atoms with Crippen molar-refractivity contribution < 1.29 is 14.6 Å². The summed E-state index contributed by atoms with van der Waals surface area (Å²) in [6.07, 6.45) is 0. The van der Waals surface area contributed by atoms with E-state index in [-0.39, 0.29) is 6.61 Å². The van der Waals surface area contributed by atoms with E-state index >= 15 is 0 Å². The molecule has 6 rings (SSSR count). The molecule has 0 atom stereocenters. The molecular weight excluding hydrogens is 412 g/mol. The van der Waals surface area contributed by atoms with Gasteiger partial charge in [0.1, 0.15) is 11.5 Å². The Morgan fingerprint density at radius 1 is 0.758 bits per heavy atom. The molecule has 33 heavy (non-hydrogen) atoms. The molecule has 6 aromatic rings. The Morgan fingerprint density at radius 3 is 2.24 bits per heavy atom. The number of ether oxygens (including phenoxy) is 2. The smallest absolute Gasteiger partial charge is 0.143 e. The Kier molecular flexibility index (Phi) is 4.52. The molecule has 164 valence electrons. The maximum Gasteiger partial charge on any atom is 0.143 e. The van der Waals surface area contributed by atoms with Crippen molar-refractivity contribution in [1.29, 1.82) is 0 Å². The van der Waals surface area contributed by atoms with Gasteiger partial charge in [-0.2, -0.15) is 0 Å². The zero-order valence-electron chi connectivity index (χ0n) is 18.6. The number of aromatic amines is 1. The fourth-order valence-electron chi connectivity index (χ4n) is 5.03. The van der Waals surface area contributed by atoms with Crippen molar-refractivity contribution >= 4 is 43.6 Å². The summed E-state index contributed by atoms with van der Waals surface area (Å²) in [6, 6.07) is 25.0. The van der Waals surface area contributed by atoms with Gasteiger partial charge in [-0.15, -0.1) is 0 Å². The molecule has 0 amide bonds. The molecule has 2 N–H and O–H groups in total. The largest absolute Gasteiger partial charge is 0.495 e. The summed E-state index contributed by atoms with van der Waals surface area (Å²) in [6.45, 7) is 0.630. The first-order valence-corrected chi connectivity index (χ1v) is 11.0. The van der Waals surface area contributed by atoms with E-state index in [0.29, 0.717) is 6.54 Å². The fraction of sp³-hybridized carbons (Fsp3) is 0.143. The van der Waals surface area contributed by atoms with Gasteiger partial charge in [-0.1, -0.05) is 36.4 Å². The van der Waals surface area contributed by atoms with Crippen LogP contribution in [0.2, 0.25) is 0 Å². The number of H-pyrrole nitrogens is 1. The molecule has 0 fully saturated rings. The first-order valence-electron chi connectivity index (χ1n) is 11.0. The van der Waals surface area contributed by atoms with Crippen molar-refractivity contribution in [2.75, 3.05) is 14.2 Å². The van der Waals surface area contributed by atoms with Crippen molar-refractivity contribution in [1.82, 2.24) is 9.55 Å². The summed E-state index contributed by atoms with van der Waals surface area (Å²) >= 11 is 0. The van der Waals surface area contributed by atoms with Gasteiger partial charge in [0.2, 0.25) is 0 Å². The average Bonchev–Trinajstić information content (AvgIpc) is 3.39. The highest BCUT2D eigenvalue weighted by molar-refractivity contribution is 6.11. The SMILES string of the molecule is COc1cc(Cn2c3ccccc3c3cc(CO)cc(OC)c32)cc2c1[nH]c1ccccc12. The van der Waals surface area contributed by atoms with Crippen LogP contribution in [0.25, 0.3) is 43.6 Å². The molecule has 2 heterocycles. The van der Waals surface area contributed by atoms with E-state index in [4.69, 9.17) is 9.47 Å². The quantitative estimate of drug-likeness (QED) is 0.349. The zero-order chi connectivity index (χ0) is 22.5. The minimum absolute atomic E-state index is 0.0275. The second kappa shape index (κ2) is 7.57. The highest BCUT2D eigenvalue weighted by Gasteiger charge is 2.18. The Bertz CT molecular complexity index is 1660. The van der Waals surface area contributed by atoms with Crippen molar-refractivity contribution in [3.05, 3.63) is 83.9 Å². The number of aromatic nitrogens is 2. The second-order valence-corrected chi connectivity index (χ2v) is 8.35. The van der Waals surface area contributed by atoms with Gasteiger partial charge in [-0.3, -0.25) is 0 Å². The molecule has 0 saturated heterocycles. The van der Waals surface area contributed by atoms with Crippen LogP contribution in [-0.2, 0) is 13.2 Å². The van der Waals surface area contributed by atoms with Crippen molar-refractivity contribution in [2.45, 2.75) is 13.2 Å². The van der Waals surface area contributed by atoms with E-state index in [1.54, 1.807) is 14.2 Å². The van der Waals surface area contributed by atoms with Crippen LogP contribution in [0.1, 0.15) is 11.1 Å². The van der Waals surface area contributed by atoms with E-state index in [1.165, 1.54) is 5.39 Å². The summed E-state index contributed by atoms with van der Waals surface area (Å²) in [4.78, 5) is 3.50. The van der Waals surface area contributed by atoms with Gasteiger partial charge in [0.15, 0.2) is 0 Å². The lowest BCUT2D eigenvalue weighted by molar-refractivity contribution is 0.281. The maximum atomic E-state index is 9.78. The molecule has 5 heteroatoms. The summed E-state index contributed by atoms with van der Waals surface area (Å²) in [5.74, 6) is 1.59. The number of benzene rings is 4. The molecule has 0 bridgehead atoms. The number of aliphatic hydroxyl groups is 1. The van der Waals surface area contributed by atoms with Crippen LogP contribution < -0.4 is 9.47 Å². The van der Waals surface area contributed by atoms with Crippen LogP contribution in [0.5, 0.6) is 11.5 Å². The minimum Gasteiger partial charge on any atom is -0.495 e. The lowest BCUT2D eigenvalue weighted by Gasteiger charge is -2.13. The molecule has 0 saturated carbocycles. The number of rotatable bonds is 5. The van der Waals surface area contributed by atoms with E-state index in [9.17, 15) is 5.11 Å². The number of methoxy groups -OCH3 is 2. The molecule has 5 nitrogen and oxygen atoms in total. The van der Waals surface area contributed by atoms with Gasteiger partial charge >= 0.3 is 0 Å². The number of aliphatic hydroxyl groups excluding tert-OH is 1. The van der Waals surface area contributed by atoms with Crippen LogP contribution in [-0.4, -0.2) is 28.9 Å². The molecule has 0 unspecified atom stereocenters. The van der Waals surface area contributed by atoms with E-state index in [0.717, 1.165) is 60.9 Å². The molecule has 4 aromatic carbocycles.